The van der Waals surface area contributed by atoms with Crippen molar-refractivity contribution in [2.75, 3.05) is 6.54 Å². The zero-order valence-electron chi connectivity index (χ0n) is 14.4. The minimum Gasteiger partial charge on any atom is -0.480 e. The summed E-state index contributed by atoms with van der Waals surface area (Å²) < 4.78 is 1.58. The van der Waals surface area contributed by atoms with Gasteiger partial charge in [0.1, 0.15) is 6.04 Å². The Morgan fingerprint density at radius 1 is 1.27 bits per heavy atom. The maximum atomic E-state index is 13.1. The van der Waals surface area contributed by atoms with Crippen LogP contribution in [-0.2, 0) is 4.79 Å². The highest BCUT2D eigenvalue weighted by molar-refractivity contribution is 6.32. The van der Waals surface area contributed by atoms with E-state index in [1.807, 2.05) is 18.2 Å². The topological polar surface area (TPSA) is 75.4 Å². The lowest BCUT2D eigenvalue weighted by molar-refractivity contribution is -0.142. The van der Waals surface area contributed by atoms with Gasteiger partial charge in [-0.25, -0.2) is 9.48 Å². The van der Waals surface area contributed by atoms with Crippen LogP contribution in [0.4, 0.5) is 0 Å². The average molecular weight is 374 g/mol. The minimum absolute atomic E-state index is 0.0578. The zero-order chi connectivity index (χ0) is 18.4. The van der Waals surface area contributed by atoms with Crippen molar-refractivity contribution in [2.24, 2.45) is 11.8 Å². The molecule has 1 aromatic heterocycles. The molecule has 1 aliphatic carbocycles. The number of aliphatic carboxylic acids is 1. The predicted molar refractivity (Wildman–Crippen MR) is 96.6 cm³/mol. The Hall–Kier alpha value is -2.34. The van der Waals surface area contributed by atoms with E-state index in [1.54, 1.807) is 23.9 Å². The van der Waals surface area contributed by atoms with Gasteiger partial charge in [-0.05, 0) is 43.7 Å². The van der Waals surface area contributed by atoms with Crippen LogP contribution in [0.25, 0.3) is 5.69 Å². The van der Waals surface area contributed by atoms with Crippen molar-refractivity contribution >= 4 is 23.5 Å². The lowest BCUT2D eigenvalue weighted by Crippen LogP contribution is -2.43. The van der Waals surface area contributed by atoms with Crippen LogP contribution in [0.15, 0.2) is 30.5 Å². The smallest absolute Gasteiger partial charge is 0.326 e. The first-order valence-corrected chi connectivity index (χ1v) is 9.20. The SMILES string of the molecule is Cc1cn(-c2ccccc2Cl)nc1C(=O)N1CC2CCCC2C1C(=O)O. The number of halogens is 1. The van der Waals surface area contributed by atoms with Crippen LogP contribution in [0.2, 0.25) is 5.02 Å². The normalized spacial score (nSPS) is 24.7. The number of aryl methyl sites for hydroxylation is 1. The molecule has 0 radical (unpaired) electrons. The number of hydrogen-bond acceptors (Lipinski definition) is 3. The van der Waals surface area contributed by atoms with Gasteiger partial charge in [0.05, 0.1) is 10.7 Å². The van der Waals surface area contributed by atoms with E-state index in [4.69, 9.17) is 11.6 Å². The van der Waals surface area contributed by atoms with Gasteiger partial charge in [-0.2, -0.15) is 5.10 Å². The highest BCUT2D eigenvalue weighted by Gasteiger charge is 2.50. The molecule has 1 aliphatic heterocycles. The lowest BCUT2D eigenvalue weighted by Gasteiger charge is -2.23. The first-order chi connectivity index (χ1) is 12.5. The third kappa shape index (κ3) is 2.69. The number of likely N-dealkylation sites (tertiary alicyclic amines) is 1. The van der Waals surface area contributed by atoms with E-state index >= 15 is 0 Å². The van der Waals surface area contributed by atoms with Crippen molar-refractivity contribution in [1.82, 2.24) is 14.7 Å². The molecule has 1 aromatic carbocycles. The van der Waals surface area contributed by atoms with E-state index < -0.39 is 12.0 Å². The van der Waals surface area contributed by atoms with Crippen LogP contribution in [0.5, 0.6) is 0 Å². The average Bonchev–Trinajstić information content (AvgIpc) is 3.27. The minimum atomic E-state index is -0.920. The van der Waals surface area contributed by atoms with Crippen LogP contribution in [0.1, 0.15) is 35.3 Å². The second kappa shape index (κ2) is 6.43. The fraction of sp³-hybridized carbons (Fsp3) is 0.421. The molecule has 1 saturated carbocycles. The number of nitrogens with zero attached hydrogens (tertiary/aromatic N) is 3. The molecule has 2 heterocycles. The van der Waals surface area contributed by atoms with Gasteiger partial charge >= 0.3 is 5.97 Å². The summed E-state index contributed by atoms with van der Waals surface area (Å²) in [6, 6.07) is 6.51. The first-order valence-electron chi connectivity index (χ1n) is 8.82. The number of rotatable bonds is 3. The molecular weight excluding hydrogens is 354 g/mol. The molecule has 2 aliphatic rings. The number of aromatic nitrogens is 2. The molecule has 1 N–H and O–H groups in total. The van der Waals surface area contributed by atoms with Gasteiger partial charge in [0.2, 0.25) is 0 Å². The second-order valence-corrected chi connectivity index (χ2v) is 7.56. The van der Waals surface area contributed by atoms with E-state index in [-0.39, 0.29) is 23.4 Å². The Bertz CT molecular complexity index is 879. The number of carboxylic acid groups (broad SMARTS) is 1. The Kier molecular flexibility index (Phi) is 4.23. The lowest BCUT2D eigenvalue weighted by atomic mass is 9.94. The maximum absolute atomic E-state index is 13.1. The molecular formula is C19H20ClN3O3. The van der Waals surface area contributed by atoms with Crippen LogP contribution >= 0.6 is 11.6 Å². The van der Waals surface area contributed by atoms with Gasteiger partial charge < -0.3 is 10.0 Å². The molecule has 2 fully saturated rings. The molecule has 6 nitrogen and oxygen atoms in total. The quantitative estimate of drug-likeness (QED) is 0.896. The second-order valence-electron chi connectivity index (χ2n) is 7.15. The summed E-state index contributed by atoms with van der Waals surface area (Å²) in [6.45, 7) is 2.30. The molecule has 3 atom stereocenters. The molecule has 26 heavy (non-hydrogen) atoms. The third-order valence-electron chi connectivity index (χ3n) is 5.60. The largest absolute Gasteiger partial charge is 0.480 e. The first kappa shape index (κ1) is 17.1. The van der Waals surface area contributed by atoms with Crippen molar-refractivity contribution in [3.63, 3.8) is 0 Å². The fourth-order valence-electron chi connectivity index (χ4n) is 4.40. The number of benzene rings is 1. The van der Waals surface area contributed by atoms with Gasteiger partial charge in [0, 0.05) is 18.3 Å². The number of fused-ring (bicyclic) bond motifs is 1. The van der Waals surface area contributed by atoms with Crippen molar-refractivity contribution < 1.29 is 14.7 Å². The fourth-order valence-corrected chi connectivity index (χ4v) is 4.62. The van der Waals surface area contributed by atoms with Crippen LogP contribution < -0.4 is 0 Å². The van der Waals surface area contributed by atoms with Crippen LogP contribution in [0, 0.1) is 18.8 Å². The summed E-state index contributed by atoms with van der Waals surface area (Å²) in [5.74, 6) is -0.889. The number of amides is 1. The van der Waals surface area contributed by atoms with E-state index in [9.17, 15) is 14.7 Å². The van der Waals surface area contributed by atoms with Gasteiger partial charge in [0.25, 0.3) is 5.91 Å². The summed E-state index contributed by atoms with van der Waals surface area (Å²) in [7, 11) is 0. The van der Waals surface area contributed by atoms with Crippen molar-refractivity contribution in [1.29, 1.82) is 0 Å². The zero-order valence-corrected chi connectivity index (χ0v) is 15.2. The highest BCUT2D eigenvalue weighted by atomic mass is 35.5. The van der Waals surface area contributed by atoms with E-state index in [1.165, 1.54) is 4.90 Å². The molecule has 1 amide bonds. The van der Waals surface area contributed by atoms with Gasteiger partial charge in [-0.3, -0.25) is 4.79 Å². The van der Waals surface area contributed by atoms with Crippen LogP contribution in [-0.4, -0.2) is 44.3 Å². The number of para-hydroxylation sites is 1. The predicted octanol–water partition coefficient (Wildman–Crippen LogP) is 3.16. The van der Waals surface area contributed by atoms with E-state index in [2.05, 4.69) is 5.10 Å². The summed E-state index contributed by atoms with van der Waals surface area (Å²) in [4.78, 5) is 26.4. The summed E-state index contributed by atoms with van der Waals surface area (Å²) in [5.41, 5.74) is 1.68. The molecule has 2 aromatic rings. The van der Waals surface area contributed by atoms with E-state index in [0.717, 1.165) is 19.3 Å². The molecule has 7 heteroatoms. The van der Waals surface area contributed by atoms with E-state index in [0.29, 0.717) is 22.8 Å². The maximum Gasteiger partial charge on any atom is 0.326 e. The van der Waals surface area contributed by atoms with Crippen LogP contribution in [0.3, 0.4) is 0 Å². The number of carbonyl (C=O) groups is 2. The Morgan fingerprint density at radius 3 is 2.77 bits per heavy atom. The Balaban J connectivity index is 1.67. The molecule has 3 unspecified atom stereocenters. The Morgan fingerprint density at radius 2 is 2.04 bits per heavy atom. The van der Waals surface area contributed by atoms with Crippen molar-refractivity contribution in [3.05, 3.63) is 46.7 Å². The molecule has 136 valence electrons. The molecule has 1 saturated heterocycles. The standard InChI is InChI=1S/C19H20ClN3O3/c1-11-9-23(15-8-3-2-7-14(15)20)21-16(11)18(24)22-10-12-5-4-6-13(12)17(22)19(25)26/h2-3,7-9,12-13,17H,4-6,10H2,1H3,(H,25,26). The number of hydrogen-bond donors (Lipinski definition) is 1. The number of carbonyl (C=O) groups excluding carboxylic acids is 1. The molecule has 0 bridgehead atoms. The third-order valence-corrected chi connectivity index (χ3v) is 5.92. The van der Waals surface area contributed by atoms with Gasteiger partial charge in [0.15, 0.2) is 5.69 Å². The van der Waals surface area contributed by atoms with Gasteiger partial charge in [-0.1, -0.05) is 30.2 Å². The van der Waals surface area contributed by atoms with Gasteiger partial charge in [-0.15, -0.1) is 0 Å². The molecule has 0 spiro atoms. The summed E-state index contributed by atoms with van der Waals surface area (Å²) >= 11 is 6.22. The monoisotopic (exact) mass is 373 g/mol. The van der Waals surface area contributed by atoms with Crippen molar-refractivity contribution in [2.45, 2.75) is 32.2 Å². The number of carboxylic acids is 1. The Labute approximate surface area is 156 Å². The van der Waals surface area contributed by atoms with Crippen molar-refractivity contribution in [3.8, 4) is 5.69 Å². The molecule has 4 rings (SSSR count). The summed E-state index contributed by atoms with van der Waals surface area (Å²) in [5, 5.41) is 14.6. The highest BCUT2D eigenvalue weighted by Crippen LogP contribution is 2.42. The summed E-state index contributed by atoms with van der Waals surface area (Å²) in [6.07, 6.45) is 4.66.